The van der Waals surface area contributed by atoms with Crippen LogP contribution in [0, 0.1) is 6.92 Å². The minimum atomic E-state index is 0.210. The first-order valence-electron chi connectivity index (χ1n) is 11.0. The predicted molar refractivity (Wildman–Crippen MR) is 127 cm³/mol. The van der Waals surface area contributed by atoms with Gasteiger partial charge in [0.1, 0.15) is 5.82 Å². The van der Waals surface area contributed by atoms with Gasteiger partial charge in [-0.1, -0.05) is 66.7 Å². The Balaban J connectivity index is 1.61. The molecule has 156 valence electrons. The van der Waals surface area contributed by atoms with Crippen LogP contribution in [-0.2, 0) is 12.0 Å². The van der Waals surface area contributed by atoms with E-state index in [4.69, 9.17) is 4.99 Å². The summed E-state index contributed by atoms with van der Waals surface area (Å²) in [5.41, 5.74) is 8.15. The van der Waals surface area contributed by atoms with E-state index in [9.17, 15) is 0 Å². The molecular weight excluding hydrogens is 366 g/mol. The third-order valence-electron chi connectivity index (χ3n) is 6.77. The molecule has 0 unspecified atom stereocenters. The maximum Gasteiger partial charge on any atom is 0.119 e. The van der Waals surface area contributed by atoms with Crippen molar-refractivity contribution in [3.05, 3.63) is 94.8 Å². The van der Waals surface area contributed by atoms with Crippen molar-refractivity contribution in [3.8, 4) is 0 Å². The number of nitrogens with one attached hydrogen (secondary N) is 1. The number of rotatable bonds is 4. The second-order valence-corrected chi connectivity index (χ2v) is 8.74. The second-order valence-electron chi connectivity index (χ2n) is 8.74. The average molecular weight is 400 g/mol. The molecule has 2 aromatic rings. The first kappa shape index (κ1) is 20.6. The molecule has 0 radical (unpaired) electrons. The van der Waals surface area contributed by atoms with Gasteiger partial charge < -0.3 is 5.32 Å². The Morgan fingerprint density at radius 1 is 1.17 bits per heavy atom. The van der Waals surface area contributed by atoms with Gasteiger partial charge in [0.15, 0.2) is 0 Å². The van der Waals surface area contributed by atoms with Crippen LogP contribution in [0.2, 0.25) is 0 Å². The normalized spacial score (nSPS) is 21.0. The number of hydrogen-bond acceptors (Lipinski definition) is 3. The maximum absolute atomic E-state index is 4.84. The lowest BCUT2D eigenvalue weighted by molar-refractivity contribution is 0.151. The van der Waals surface area contributed by atoms with Crippen molar-refractivity contribution in [1.29, 1.82) is 0 Å². The Bertz CT molecular complexity index is 991. The van der Waals surface area contributed by atoms with Crippen molar-refractivity contribution in [2.45, 2.75) is 45.1 Å². The van der Waals surface area contributed by atoms with Gasteiger partial charge in [0.05, 0.1) is 5.71 Å². The van der Waals surface area contributed by atoms with E-state index in [-0.39, 0.29) is 5.41 Å². The summed E-state index contributed by atoms with van der Waals surface area (Å²) in [4.78, 5) is 7.45. The first-order valence-corrected chi connectivity index (χ1v) is 11.0. The summed E-state index contributed by atoms with van der Waals surface area (Å²) in [7, 11) is 1.88. The molecule has 0 saturated carbocycles. The Labute approximate surface area is 181 Å². The van der Waals surface area contributed by atoms with Crippen molar-refractivity contribution in [2.75, 3.05) is 20.1 Å². The SMILES string of the molecule is C=C(/N=C1\C(=C/C)CC2(CCN(Cc3cccc(C)c3)CC2)c2ccccc21)NC. The zero-order valence-corrected chi connectivity index (χ0v) is 18.5. The van der Waals surface area contributed by atoms with Gasteiger partial charge in [0.25, 0.3) is 0 Å². The summed E-state index contributed by atoms with van der Waals surface area (Å²) in [6.07, 6.45) is 5.69. The van der Waals surface area contributed by atoms with Gasteiger partial charge in [-0.05, 0) is 62.9 Å². The van der Waals surface area contributed by atoms with Crippen LogP contribution in [0.25, 0.3) is 0 Å². The summed E-state index contributed by atoms with van der Waals surface area (Å²) >= 11 is 0. The van der Waals surface area contributed by atoms with Crippen molar-refractivity contribution >= 4 is 5.71 Å². The molecule has 0 amide bonds. The lowest BCUT2D eigenvalue weighted by Crippen LogP contribution is -2.45. The first-order chi connectivity index (χ1) is 14.5. The van der Waals surface area contributed by atoms with Crippen LogP contribution in [0.5, 0.6) is 0 Å². The van der Waals surface area contributed by atoms with E-state index in [0.717, 1.165) is 31.8 Å². The van der Waals surface area contributed by atoms with Gasteiger partial charge in [-0.3, -0.25) is 4.90 Å². The van der Waals surface area contributed by atoms with E-state index in [0.29, 0.717) is 5.82 Å². The Hall–Kier alpha value is -2.65. The molecule has 1 aliphatic heterocycles. The number of aryl methyl sites for hydroxylation is 1. The van der Waals surface area contributed by atoms with Gasteiger partial charge >= 0.3 is 0 Å². The molecule has 1 saturated heterocycles. The summed E-state index contributed by atoms with van der Waals surface area (Å²) < 4.78 is 0. The number of aliphatic imine (C=N–C) groups is 1. The Kier molecular flexibility index (Phi) is 5.92. The summed E-state index contributed by atoms with van der Waals surface area (Å²) in [6, 6.07) is 17.8. The highest BCUT2D eigenvalue weighted by atomic mass is 15.1. The van der Waals surface area contributed by atoms with Crippen molar-refractivity contribution in [2.24, 2.45) is 4.99 Å². The van der Waals surface area contributed by atoms with Crippen LogP contribution in [0.15, 0.2) is 77.6 Å². The standard InChI is InChI=1S/C27H33N3/c1-5-23-18-27(25-12-7-6-11-24(25)26(23)29-21(3)28-4)13-15-30(16-14-27)19-22-10-8-9-20(2)17-22/h5-12,17,28H,3,13-16,18-19H2,1-2,4H3/b23-5-,29-26+. The Morgan fingerprint density at radius 3 is 2.63 bits per heavy atom. The molecule has 3 nitrogen and oxygen atoms in total. The quantitative estimate of drug-likeness (QED) is 0.750. The fourth-order valence-electron chi connectivity index (χ4n) is 5.08. The van der Waals surface area contributed by atoms with Crippen molar-refractivity contribution < 1.29 is 0 Å². The van der Waals surface area contributed by atoms with Crippen LogP contribution in [0.1, 0.15) is 48.4 Å². The van der Waals surface area contributed by atoms with Crippen LogP contribution in [0.4, 0.5) is 0 Å². The fourth-order valence-corrected chi connectivity index (χ4v) is 5.08. The lowest BCUT2D eigenvalue weighted by Gasteiger charge is -2.46. The average Bonchev–Trinajstić information content (AvgIpc) is 2.77. The maximum atomic E-state index is 4.84. The van der Waals surface area contributed by atoms with Gasteiger partial charge in [-0.25, -0.2) is 4.99 Å². The minimum absolute atomic E-state index is 0.210. The molecule has 1 aliphatic carbocycles. The van der Waals surface area contributed by atoms with E-state index in [1.807, 2.05) is 7.05 Å². The molecule has 0 aromatic heterocycles. The third kappa shape index (κ3) is 3.99. The van der Waals surface area contributed by atoms with Crippen LogP contribution >= 0.6 is 0 Å². The highest BCUT2D eigenvalue weighted by Crippen LogP contribution is 2.47. The number of benzene rings is 2. The molecule has 1 fully saturated rings. The second kappa shape index (κ2) is 8.61. The highest BCUT2D eigenvalue weighted by Gasteiger charge is 2.42. The summed E-state index contributed by atoms with van der Waals surface area (Å²) in [5.74, 6) is 0.711. The zero-order valence-electron chi connectivity index (χ0n) is 18.5. The molecule has 0 atom stereocenters. The minimum Gasteiger partial charge on any atom is -0.374 e. The highest BCUT2D eigenvalue weighted by molar-refractivity contribution is 6.15. The molecule has 1 heterocycles. The van der Waals surface area contributed by atoms with Crippen LogP contribution in [-0.4, -0.2) is 30.7 Å². The molecule has 2 aromatic carbocycles. The molecule has 1 spiro atoms. The largest absolute Gasteiger partial charge is 0.374 e. The molecule has 30 heavy (non-hydrogen) atoms. The van der Waals surface area contributed by atoms with E-state index < -0.39 is 0 Å². The summed E-state index contributed by atoms with van der Waals surface area (Å²) in [6.45, 7) is 11.7. The fraction of sp³-hybridized carbons (Fsp3) is 0.370. The molecule has 2 aliphatic rings. The van der Waals surface area contributed by atoms with Gasteiger partial charge in [-0.15, -0.1) is 0 Å². The Morgan fingerprint density at radius 2 is 1.93 bits per heavy atom. The number of piperidine rings is 1. The molecule has 3 heteroatoms. The number of fused-ring (bicyclic) bond motifs is 2. The van der Waals surface area contributed by atoms with Crippen molar-refractivity contribution in [3.63, 3.8) is 0 Å². The van der Waals surface area contributed by atoms with E-state index in [1.54, 1.807) is 0 Å². The number of nitrogens with zero attached hydrogens (tertiary/aromatic N) is 2. The molecular formula is C27H33N3. The lowest BCUT2D eigenvalue weighted by atomic mass is 9.62. The summed E-state index contributed by atoms with van der Waals surface area (Å²) in [5, 5.41) is 3.08. The van der Waals surface area contributed by atoms with E-state index in [2.05, 4.69) is 85.3 Å². The number of hydrogen-bond donors (Lipinski definition) is 1. The molecule has 4 rings (SSSR count). The predicted octanol–water partition coefficient (Wildman–Crippen LogP) is 5.36. The topological polar surface area (TPSA) is 27.6 Å². The molecule has 1 N–H and O–H groups in total. The monoisotopic (exact) mass is 399 g/mol. The van der Waals surface area contributed by atoms with Gasteiger partial charge in [0.2, 0.25) is 0 Å². The van der Waals surface area contributed by atoms with E-state index in [1.165, 1.54) is 40.7 Å². The molecule has 0 bridgehead atoms. The van der Waals surface area contributed by atoms with Crippen molar-refractivity contribution in [1.82, 2.24) is 10.2 Å². The van der Waals surface area contributed by atoms with Crippen LogP contribution < -0.4 is 5.32 Å². The number of likely N-dealkylation sites (tertiary alicyclic amines) is 1. The van der Waals surface area contributed by atoms with E-state index >= 15 is 0 Å². The smallest absolute Gasteiger partial charge is 0.119 e. The van der Waals surface area contributed by atoms with Crippen LogP contribution in [0.3, 0.4) is 0 Å². The number of allylic oxidation sites excluding steroid dienone is 2. The third-order valence-corrected chi connectivity index (χ3v) is 6.77. The zero-order chi connectivity index (χ0) is 21.1. The van der Waals surface area contributed by atoms with Gasteiger partial charge in [-0.2, -0.15) is 0 Å². The van der Waals surface area contributed by atoms with Gasteiger partial charge in [0, 0.05) is 24.6 Å².